The summed E-state index contributed by atoms with van der Waals surface area (Å²) in [6, 6.07) is 0. The van der Waals surface area contributed by atoms with Crippen molar-refractivity contribution >= 4 is 8.38 Å². The van der Waals surface area contributed by atoms with Gasteiger partial charge in [0.2, 0.25) is 0 Å². The fraction of sp³-hybridized carbons (Fsp3) is 1.00. The predicted octanol–water partition coefficient (Wildman–Crippen LogP) is 4.77. The summed E-state index contributed by atoms with van der Waals surface area (Å²) >= 11 is 0. The minimum Gasteiger partial charge on any atom is -0.375 e. The van der Waals surface area contributed by atoms with Gasteiger partial charge in [0, 0.05) is 26.1 Å². The third kappa shape index (κ3) is 7.40. The molecule has 0 amide bonds. The molecule has 0 aromatic carbocycles. The summed E-state index contributed by atoms with van der Waals surface area (Å²) in [7, 11) is -0.930. The molecule has 0 bridgehead atoms. The summed E-state index contributed by atoms with van der Waals surface area (Å²) in [4.78, 5) is 0. The Kier molecular flexibility index (Phi) is 10.4. The lowest BCUT2D eigenvalue weighted by Crippen LogP contribution is -2.30. The highest BCUT2D eigenvalue weighted by molar-refractivity contribution is 7.46. The lowest BCUT2D eigenvalue weighted by atomic mass is 10.1. The highest BCUT2D eigenvalue weighted by Gasteiger charge is 2.36. The lowest BCUT2D eigenvalue weighted by Gasteiger charge is -2.24. The van der Waals surface area contributed by atoms with E-state index in [0.29, 0.717) is 12.5 Å². The summed E-state index contributed by atoms with van der Waals surface area (Å²) in [6.45, 7) is 14.0. The molecule has 0 spiro atoms. The molecule has 2 heterocycles. The standard InChI is InChI=1S/C18H35O5P.CH4/c1-7-15-17(9-14(5)21-15)23-24(6)20-11-18-16(8-13(4)22-18)19-10-12(2)3;/h12-18H,7-11H2,1-6H3;1H4. The van der Waals surface area contributed by atoms with Crippen molar-refractivity contribution in [2.24, 2.45) is 5.92 Å². The van der Waals surface area contributed by atoms with Crippen LogP contribution in [0.5, 0.6) is 0 Å². The summed E-state index contributed by atoms with van der Waals surface area (Å²) in [5.74, 6) is 0.532. The van der Waals surface area contributed by atoms with Gasteiger partial charge in [-0.25, -0.2) is 0 Å². The fourth-order valence-electron chi connectivity index (χ4n) is 3.35. The van der Waals surface area contributed by atoms with Gasteiger partial charge in [0.15, 0.2) is 8.38 Å². The Morgan fingerprint density at radius 1 is 1.04 bits per heavy atom. The number of ether oxygens (including phenoxy) is 3. The van der Waals surface area contributed by atoms with Crippen LogP contribution < -0.4 is 0 Å². The monoisotopic (exact) mass is 378 g/mol. The van der Waals surface area contributed by atoms with Gasteiger partial charge in [-0.1, -0.05) is 28.2 Å². The maximum atomic E-state index is 6.13. The quantitative estimate of drug-likeness (QED) is 0.541. The molecule has 0 N–H and O–H groups in total. The van der Waals surface area contributed by atoms with Gasteiger partial charge >= 0.3 is 0 Å². The van der Waals surface area contributed by atoms with Crippen molar-refractivity contribution in [3.63, 3.8) is 0 Å². The van der Waals surface area contributed by atoms with Crippen molar-refractivity contribution in [2.45, 2.75) is 97.9 Å². The Morgan fingerprint density at radius 3 is 2.24 bits per heavy atom. The molecule has 25 heavy (non-hydrogen) atoms. The molecule has 2 aliphatic rings. The Morgan fingerprint density at radius 2 is 1.64 bits per heavy atom. The Balaban J connectivity index is 0.00000312. The molecule has 2 fully saturated rings. The van der Waals surface area contributed by atoms with Crippen LogP contribution in [-0.4, -0.2) is 56.5 Å². The van der Waals surface area contributed by atoms with E-state index in [0.717, 1.165) is 25.9 Å². The van der Waals surface area contributed by atoms with Crippen LogP contribution in [0.2, 0.25) is 0 Å². The minimum atomic E-state index is -0.930. The lowest BCUT2D eigenvalue weighted by molar-refractivity contribution is -0.0467. The van der Waals surface area contributed by atoms with Gasteiger partial charge in [0.1, 0.15) is 6.10 Å². The molecular weight excluding hydrogens is 339 g/mol. The molecule has 0 radical (unpaired) electrons. The first-order valence-corrected chi connectivity index (χ1v) is 11.0. The summed E-state index contributed by atoms with van der Waals surface area (Å²) < 4.78 is 30.0. The predicted molar refractivity (Wildman–Crippen MR) is 103 cm³/mol. The first-order chi connectivity index (χ1) is 11.4. The van der Waals surface area contributed by atoms with Crippen LogP contribution in [0, 0.1) is 5.92 Å². The molecule has 7 atom stereocenters. The molecule has 0 aromatic heterocycles. The third-order valence-electron chi connectivity index (χ3n) is 4.52. The van der Waals surface area contributed by atoms with Crippen LogP contribution in [0.1, 0.15) is 61.3 Å². The van der Waals surface area contributed by atoms with Crippen LogP contribution >= 0.6 is 8.38 Å². The van der Waals surface area contributed by atoms with E-state index in [2.05, 4.69) is 34.6 Å². The molecule has 0 aromatic rings. The zero-order valence-electron chi connectivity index (χ0n) is 16.1. The Hall–Kier alpha value is 0.230. The molecular formula is C19H39O5P. The Bertz CT molecular complexity index is 368. The molecule has 150 valence electrons. The van der Waals surface area contributed by atoms with Gasteiger partial charge in [-0.3, -0.25) is 0 Å². The third-order valence-corrected chi connectivity index (χ3v) is 5.60. The van der Waals surface area contributed by atoms with Crippen molar-refractivity contribution in [3.05, 3.63) is 0 Å². The molecule has 2 rings (SSSR count). The number of hydrogen-bond acceptors (Lipinski definition) is 5. The summed E-state index contributed by atoms with van der Waals surface area (Å²) in [5.41, 5.74) is 0. The molecule has 7 unspecified atom stereocenters. The summed E-state index contributed by atoms with van der Waals surface area (Å²) in [6.07, 6.45) is 3.85. The van der Waals surface area contributed by atoms with Gasteiger partial charge < -0.3 is 23.3 Å². The van der Waals surface area contributed by atoms with Crippen LogP contribution in [-0.2, 0) is 23.3 Å². The number of rotatable bonds is 9. The van der Waals surface area contributed by atoms with E-state index in [1.54, 1.807) is 0 Å². The highest BCUT2D eigenvalue weighted by Crippen LogP contribution is 2.41. The molecule has 5 nitrogen and oxygen atoms in total. The van der Waals surface area contributed by atoms with E-state index >= 15 is 0 Å². The zero-order valence-corrected chi connectivity index (χ0v) is 17.0. The van der Waals surface area contributed by atoms with E-state index in [-0.39, 0.29) is 44.1 Å². The minimum absolute atomic E-state index is 0. The van der Waals surface area contributed by atoms with E-state index in [4.69, 9.17) is 23.3 Å². The second-order valence-electron chi connectivity index (χ2n) is 7.49. The second-order valence-corrected chi connectivity index (χ2v) is 8.84. The zero-order chi connectivity index (χ0) is 17.7. The maximum absolute atomic E-state index is 6.13. The van der Waals surface area contributed by atoms with Crippen molar-refractivity contribution in [1.82, 2.24) is 0 Å². The first kappa shape index (κ1) is 23.3. The fourth-order valence-corrected chi connectivity index (χ4v) is 4.37. The highest BCUT2D eigenvalue weighted by atomic mass is 31.2. The topological polar surface area (TPSA) is 46.2 Å². The smallest absolute Gasteiger partial charge is 0.167 e. The van der Waals surface area contributed by atoms with E-state index < -0.39 is 8.38 Å². The first-order valence-electron chi connectivity index (χ1n) is 9.34. The SMILES string of the molecule is C.CCC1OC(C)CC1OP(C)OCC1OC(C)CC1OCC(C)C. The summed E-state index contributed by atoms with van der Waals surface area (Å²) in [5, 5.41) is 0. The molecule has 6 heteroatoms. The van der Waals surface area contributed by atoms with Gasteiger partial charge in [0.25, 0.3) is 0 Å². The van der Waals surface area contributed by atoms with E-state index in [1.807, 2.05) is 6.66 Å². The van der Waals surface area contributed by atoms with E-state index in [1.165, 1.54) is 0 Å². The largest absolute Gasteiger partial charge is 0.375 e. The van der Waals surface area contributed by atoms with Gasteiger partial charge in [-0.15, -0.1) is 0 Å². The van der Waals surface area contributed by atoms with Gasteiger partial charge in [-0.2, -0.15) is 0 Å². The van der Waals surface area contributed by atoms with Crippen LogP contribution in [0.4, 0.5) is 0 Å². The maximum Gasteiger partial charge on any atom is 0.167 e. The van der Waals surface area contributed by atoms with Crippen molar-refractivity contribution < 1.29 is 23.3 Å². The molecule has 2 saturated heterocycles. The van der Waals surface area contributed by atoms with Crippen LogP contribution in [0.25, 0.3) is 0 Å². The second kappa shape index (κ2) is 11.2. The number of hydrogen-bond donors (Lipinski definition) is 0. The van der Waals surface area contributed by atoms with Crippen LogP contribution in [0.3, 0.4) is 0 Å². The average molecular weight is 378 g/mol. The average Bonchev–Trinajstić information content (AvgIpc) is 3.05. The Labute approximate surface area is 156 Å². The van der Waals surface area contributed by atoms with Gasteiger partial charge in [-0.05, 0) is 26.2 Å². The normalized spacial score (nSPS) is 36.6. The molecule has 0 saturated carbocycles. The van der Waals surface area contributed by atoms with Gasteiger partial charge in [0.05, 0.1) is 37.1 Å². The molecule has 2 aliphatic heterocycles. The van der Waals surface area contributed by atoms with Crippen molar-refractivity contribution in [1.29, 1.82) is 0 Å². The van der Waals surface area contributed by atoms with E-state index in [9.17, 15) is 0 Å². The van der Waals surface area contributed by atoms with Crippen LogP contribution in [0.15, 0.2) is 0 Å². The van der Waals surface area contributed by atoms with Crippen molar-refractivity contribution in [2.75, 3.05) is 19.9 Å². The molecule has 0 aliphatic carbocycles. The van der Waals surface area contributed by atoms with Crippen molar-refractivity contribution in [3.8, 4) is 0 Å².